The molecule has 0 unspecified atom stereocenters. The molecule has 1 aromatic rings. The molecule has 1 aliphatic carbocycles. The van der Waals surface area contributed by atoms with Crippen molar-refractivity contribution < 1.29 is 14.6 Å². The second-order valence-corrected chi connectivity index (χ2v) is 5.30. The SMILES string of the molecule is COc1ccc(C=CC(=O)N(CCO)C2CCCC2)cc1. The number of benzene rings is 1. The number of aliphatic hydroxyl groups excluding tert-OH is 1. The molecule has 0 atom stereocenters. The number of hydrogen-bond donors (Lipinski definition) is 1. The van der Waals surface area contributed by atoms with E-state index in [4.69, 9.17) is 9.84 Å². The van der Waals surface area contributed by atoms with E-state index in [0.29, 0.717) is 6.54 Å². The van der Waals surface area contributed by atoms with E-state index in [2.05, 4.69) is 0 Å². The fraction of sp³-hybridized carbons (Fsp3) is 0.471. The number of aliphatic hydroxyl groups is 1. The van der Waals surface area contributed by atoms with Crippen molar-refractivity contribution in [3.8, 4) is 5.75 Å². The quantitative estimate of drug-likeness (QED) is 0.819. The predicted octanol–water partition coefficient (Wildman–Crippen LogP) is 2.47. The summed E-state index contributed by atoms with van der Waals surface area (Å²) in [6.07, 6.45) is 7.82. The van der Waals surface area contributed by atoms with Gasteiger partial charge in [0, 0.05) is 18.7 Å². The molecule has 1 aliphatic rings. The van der Waals surface area contributed by atoms with Gasteiger partial charge in [0.25, 0.3) is 0 Å². The molecule has 0 aromatic heterocycles. The molecule has 0 aliphatic heterocycles. The van der Waals surface area contributed by atoms with Gasteiger partial charge in [-0.15, -0.1) is 0 Å². The van der Waals surface area contributed by atoms with Crippen LogP contribution in [0, 0.1) is 0 Å². The van der Waals surface area contributed by atoms with Gasteiger partial charge in [-0.25, -0.2) is 0 Å². The lowest BCUT2D eigenvalue weighted by atomic mass is 10.1. The number of ether oxygens (including phenoxy) is 1. The van der Waals surface area contributed by atoms with E-state index in [0.717, 1.165) is 24.2 Å². The van der Waals surface area contributed by atoms with Crippen molar-refractivity contribution in [2.24, 2.45) is 0 Å². The van der Waals surface area contributed by atoms with Crippen molar-refractivity contribution in [2.75, 3.05) is 20.3 Å². The van der Waals surface area contributed by atoms with Crippen LogP contribution in [0.3, 0.4) is 0 Å². The van der Waals surface area contributed by atoms with Crippen LogP contribution in [0.1, 0.15) is 31.2 Å². The molecule has 2 rings (SSSR count). The summed E-state index contributed by atoms with van der Waals surface area (Å²) in [6, 6.07) is 7.84. The standard InChI is InChI=1S/C17H23NO3/c1-21-16-9-6-14(7-10-16)8-11-17(20)18(12-13-19)15-4-2-3-5-15/h6-11,15,19H,2-5,12-13H2,1H3. The van der Waals surface area contributed by atoms with Crippen LogP contribution in [0.2, 0.25) is 0 Å². The molecular formula is C17H23NO3. The summed E-state index contributed by atoms with van der Waals surface area (Å²) in [6.45, 7) is 0.426. The van der Waals surface area contributed by atoms with Crippen LogP contribution in [0.5, 0.6) is 5.75 Å². The van der Waals surface area contributed by atoms with Crippen molar-refractivity contribution in [1.82, 2.24) is 4.90 Å². The Bertz CT molecular complexity index is 475. The molecule has 21 heavy (non-hydrogen) atoms. The molecule has 4 nitrogen and oxygen atoms in total. The van der Waals surface area contributed by atoms with Crippen LogP contribution in [0.25, 0.3) is 6.08 Å². The molecule has 1 saturated carbocycles. The first-order chi connectivity index (χ1) is 10.2. The van der Waals surface area contributed by atoms with Crippen molar-refractivity contribution >= 4 is 12.0 Å². The first-order valence-electron chi connectivity index (χ1n) is 7.48. The summed E-state index contributed by atoms with van der Waals surface area (Å²) in [7, 11) is 1.63. The minimum atomic E-state index is -0.0215. The summed E-state index contributed by atoms with van der Waals surface area (Å²) in [5.74, 6) is 0.776. The van der Waals surface area contributed by atoms with Gasteiger partial charge in [0.15, 0.2) is 0 Å². The highest BCUT2D eigenvalue weighted by atomic mass is 16.5. The molecule has 0 radical (unpaired) electrons. The van der Waals surface area contributed by atoms with Gasteiger partial charge >= 0.3 is 0 Å². The first-order valence-corrected chi connectivity index (χ1v) is 7.48. The molecule has 0 saturated heterocycles. The Balaban J connectivity index is 2.00. The van der Waals surface area contributed by atoms with E-state index in [1.165, 1.54) is 12.8 Å². The Kier molecular flexibility index (Phi) is 5.81. The number of nitrogens with zero attached hydrogens (tertiary/aromatic N) is 1. The van der Waals surface area contributed by atoms with Crippen LogP contribution in [0.4, 0.5) is 0 Å². The van der Waals surface area contributed by atoms with Crippen LogP contribution in [0.15, 0.2) is 30.3 Å². The van der Waals surface area contributed by atoms with Crippen LogP contribution < -0.4 is 4.74 Å². The molecular weight excluding hydrogens is 266 g/mol. The fourth-order valence-corrected chi connectivity index (χ4v) is 2.77. The highest BCUT2D eigenvalue weighted by Gasteiger charge is 2.24. The second kappa shape index (κ2) is 7.84. The molecule has 1 amide bonds. The topological polar surface area (TPSA) is 49.8 Å². The van der Waals surface area contributed by atoms with Crippen LogP contribution in [-0.2, 0) is 4.79 Å². The van der Waals surface area contributed by atoms with Gasteiger partial charge in [0.1, 0.15) is 5.75 Å². The molecule has 1 aromatic carbocycles. The Morgan fingerprint density at radius 3 is 2.57 bits per heavy atom. The summed E-state index contributed by atoms with van der Waals surface area (Å²) in [4.78, 5) is 14.1. The number of amides is 1. The van der Waals surface area contributed by atoms with E-state index in [-0.39, 0.29) is 18.6 Å². The van der Waals surface area contributed by atoms with Crippen molar-refractivity contribution in [2.45, 2.75) is 31.7 Å². The van der Waals surface area contributed by atoms with Gasteiger partial charge in [0.2, 0.25) is 5.91 Å². The van der Waals surface area contributed by atoms with E-state index >= 15 is 0 Å². The smallest absolute Gasteiger partial charge is 0.246 e. The molecule has 1 fully saturated rings. The third-order valence-corrected chi connectivity index (χ3v) is 3.92. The first kappa shape index (κ1) is 15.6. The van der Waals surface area contributed by atoms with E-state index in [1.54, 1.807) is 24.2 Å². The monoisotopic (exact) mass is 289 g/mol. The minimum Gasteiger partial charge on any atom is -0.497 e. The summed E-state index contributed by atoms with van der Waals surface area (Å²) in [5.41, 5.74) is 0.958. The van der Waals surface area contributed by atoms with E-state index in [1.807, 2.05) is 24.3 Å². The van der Waals surface area contributed by atoms with E-state index in [9.17, 15) is 4.79 Å². The molecule has 114 valence electrons. The van der Waals surface area contributed by atoms with Crippen molar-refractivity contribution in [3.05, 3.63) is 35.9 Å². The van der Waals surface area contributed by atoms with Gasteiger partial charge in [-0.05, 0) is 36.6 Å². The maximum atomic E-state index is 12.3. The number of hydrogen-bond acceptors (Lipinski definition) is 3. The van der Waals surface area contributed by atoms with Crippen LogP contribution in [-0.4, -0.2) is 42.2 Å². The number of carbonyl (C=O) groups excluding carboxylic acids is 1. The Morgan fingerprint density at radius 2 is 2.00 bits per heavy atom. The van der Waals surface area contributed by atoms with Gasteiger partial charge < -0.3 is 14.7 Å². The average molecular weight is 289 g/mol. The third-order valence-electron chi connectivity index (χ3n) is 3.92. The third kappa shape index (κ3) is 4.33. The van der Waals surface area contributed by atoms with Crippen molar-refractivity contribution in [1.29, 1.82) is 0 Å². The predicted molar refractivity (Wildman–Crippen MR) is 83.1 cm³/mol. The zero-order valence-corrected chi connectivity index (χ0v) is 12.5. The van der Waals surface area contributed by atoms with Gasteiger partial charge in [-0.2, -0.15) is 0 Å². The zero-order valence-electron chi connectivity index (χ0n) is 12.5. The van der Waals surface area contributed by atoms with E-state index < -0.39 is 0 Å². The molecule has 4 heteroatoms. The Morgan fingerprint density at radius 1 is 1.33 bits per heavy atom. The Labute approximate surface area is 126 Å². The van der Waals surface area contributed by atoms with Crippen molar-refractivity contribution in [3.63, 3.8) is 0 Å². The van der Waals surface area contributed by atoms with Gasteiger partial charge in [-0.1, -0.05) is 25.0 Å². The summed E-state index contributed by atoms with van der Waals surface area (Å²) < 4.78 is 5.11. The zero-order chi connectivity index (χ0) is 15.1. The number of methoxy groups -OCH3 is 1. The highest BCUT2D eigenvalue weighted by molar-refractivity contribution is 5.92. The summed E-state index contributed by atoms with van der Waals surface area (Å²) >= 11 is 0. The number of rotatable bonds is 6. The molecule has 0 heterocycles. The van der Waals surface area contributed by atoms with Gasteiger partial charge in [0.05, 0.1) is 13.7 Å². The second-order valence-electron chi connectivity index (χ2n) is 5.30. The largest absolute Gasteiger partial charge is 0.497 e. The minimum absolute atomic E-state index is 0.0125. The molecule has 0 spiro atoms. The lowest BCUT2D eigenvalue weighted by molar-refractivity contribution is -0.128. The highest BCUT2D eigenvalue weighted by Crippen LogP contribution is 2.23. The van der Waals surface area contributed by atoms with Crippen LogP contribution >= 0.6 is 0 Å². The lowest BCUT2D eigenvalue weighted by Crippen LogP contribution is -2.39. The van der Waals surface area contributed by atoms with Gasteiger partial charge in [-0.3, -0.25) is 4.79 Å². The Hall–Kier alpha value is -1.81. The fourth-order valence-electron chi connectivity index (χ4n) is 2.77. The maximum Gasteiger partial charge on any atom is 0.246 e. The average Bonchev–Trinajstić information content (AvgIpc) is 3.04. The molecule has 1 N–H and O–H groups in total. The molecule has 0 bridgehead atoms. The normalized spacial score (nSPS) is 15.5. The number of carbonyl (C=O) groups is 1. The summed E-state index contributed by atoms with van der Waals surface area (Å²) in [5, 5.41) is 9.16. The maximum absolute atomic E-state index is 12.3. The lowest BCUT2D eigenvalue weighted by Gasteiger charge is -2.27.